The number of aromatic carboxylic acids is 1. The zero-order valence-electron chi connectivity index (χ0n) is 26.5. The molecule has 9 nitrogen and oxygen atoms in total. The van der Waals surface area contributed by atoms with Gasteiger partial charge in [-0.2, -0.15) is 0 Å². The molecule has 12 heteroatoms. The summed E-state index contributed by atoms with van der Waals surface area (Å²) in [4.78, 5) is 34.2. The Balaban J connectivity index is 1.17. The van der Waals surface area contributed by atoms with Gasteiger partial charge in [0.05, 0.1) is 58.7 Å². The fourth-order valence-electron chi connectivity index (χ4n) is 7.54. The summed E-state index contributed by atoms with van der Waals surface area (Å²) in [6.45, 7) is 7.13. The SMILES string of the molecule is C[C@@H]1CN(c2cc(Cl)c(C(=O)N3COc4c(cccc4-c4cc(N5C6CCC5COC6)c(C(=O)O)cc4F)C3)c(Cl)c2)[C@@H](C)CN1C. The number of halogens is 3. The first-order chi connectivity index (χ1) is 22.5. The Labute approximate surface area is 283 Å². The molecule has 0 radical (unpaired) electrons. The maximum Gasteiger partial charge on any atom is 0.337 e. The first kappa shape index (κ1) is 32.0. The fraction of sp³-hybridized carbons (Fsp3) is 0.429. The molecule has 3 aromatic carbocycles. The van der Waals surface area contributed by atoms with Crippen LogP contribution in [0.5, 0.6) is 5.75 Å². The number of carbonyl (C=O) groups is 2. The molecule has 4 aliphatic heterocycles. The van der Waals surface area contributed by atoms with Crippen LogP contribution in [0, 0.1) is 5.82 Å². The number of carboxylic acid groups (broad SMARTS) is 1. The zero-order valence-corrected chi connectivity index (χ0v) is 28.0. The topological polar surface area (TPSA) is 85.8 Å². The Morgan fingerprint density at radius 2 is 1.66 bits per heavy atom. The number of hydrogen-bond acceptors (Lipinski definition) is 7. The average molecular weight is 684 g/mol. The van der Waals surface area contributed by atoms with Crippen molar-refractivity contribution in [1.29, 1.82) is 0 Å². The second-order valence-electron chi connectivity index (χ2n) is 13.1. The fourth-order valence-corrected chi connectivity index (χ4v) is 8.18. The molecule has 248 valence electrons. The van der Waals surface area contributed by atoms with E-state index in [9.17, 15) is 14.7 Å². The molecule has 3 fully saturated rings. The molecule has 0 aliphatic carbocycles. The number of morpholine rings is 1. The molecule has 2 unspecified atom stereocenters. The second-order valence-corrected chi connectivity index (χ2v) is 13.9. The summed E-state index contributed by atoms with van der Waals surface area (Å²) in [5, 5.41) is 10.5. The van der Waals surface area contributed by atoms with Gasteiger partial charge in [-0.05, 0) is 58.0 Å². The highest BCUT2D eigenvalue weighted by Gasteiger charge is 2.40. The number of nitrogens with zero attached hydrogens (tertiary/aromatic N) is 4. The molecule has 0 spiro atoms. The van der Waals surface area contributed by atoms with Gasteiger partial charge in [-0.3, -0.25) is 9.69 Å². The minimum absolute atomic E-state index is 0.0342. The van der Waals surface area contributed by atoms with Crippen LogP contribution in [0.2, 0.25) is 10.0 Å². The summed E-state index contributed by atoms with van der Waals surface area (Å²) < 4.78 is 27.6. The molecule has 1 amide bonds. The quantitative estimate of drug-likeness (QED) is 0.332. The van der Waals surface area contributed by atoms with Gasteiger partial charge in [-0.1, -0.05) is 41.4 Å². The molecule has 0 saturated carbocycles. The van der Waals surface area contributed by atoms with Gasteiger partial charge in [0.25, 0.3) is 5.91 Å². The number of piperazine rings is 1. The van der Waals surface area contributed by atoms with E-state index in [1.165, 1.54) is 4.90 Å². The van der Waals surface area contributed by atoms with Crippen LogP contribution < -0.4 is 14.5 Å². The van der Waals surface area contributed by atoms with Crippen molar-refractivity contribution in [2.45, 2.75) is 57.4 Å². The lowest BCUT2D eigenvalue weighted by Gasteiger charge is -2.44. The van der Waals surface area contributed by atoms with E-state index in [-0.39, 0.29) is 64.0 Å². The summed E-state index contributed by atoms with van der Waals surface area (Å²) in [6.07, 6.45) is 1.77. The highest BCUT2D eigenvalue weighted by Crippen LogP contribution is 2.43. The van der Waals surface area contributed by atoms with Crippen LogP contribution in [0.15, 0.2) is 42.5 Å². The smallest absolute Gasteiger partial charge is 0.337 e. The number of anilines is 2. The van der Waals surface area contributed by atoms with Crippen LogP contribution in [0.3, 0.4) is 0 Å². The van der Waals surface area contributed by atoms with Gasteiger partial charge in [-0.25, -0.2) is 9.18 Å². The van der Waals surface area contributed by atoms with E-state index < -0.39 is 11.8 Å². The standard InChI is InChI=1S/C35H37Cl2FN4O5/c1-19-14-41(20(2)13-39(19)3)24-9-28(36)32(29(37)10-24)34(43)40-15-21-5-4-6-25(33(21)47-18-40)26-12-31(27(35(44)45)11-30(26)38)42-22-7-8-23(42)17-46-16-22/h4-6,9-12,19-20,22-23H,7-8,13-18H2,1-3H3,(H,44,45)/t19-,20+,22?,23?/m1/s1. The van der Waals surface area contributed by atoms with Crippen molar-refractivity contribution in [2.75, 3.05) is 49.9 Å². The average Bonchev–Trinajstić information content (AvgIpc) is 3.28. The number of ether oxygens (including phenoxy) is 2. The largest absolute Gasteiger partial charge is 0.478 e. The lowest BCUT2D eigenvalue weighted by atomic mass is 9.96. The summed E-state index contributed by atoms with van der Waals surface area (Å²) in [6, 6.07) is 12.3. The lowest BCUT2D eigenvalue weighted by molar-refractivity contribution is 0.0516. The van der Waals surface area contributed by atoms with Crippen molar-refractivity contribution in [3.63, 3.8) is 0 Å². The van der Waals surface area contributed by atoms with E-state index in [1.54, 1.807) is 30.3 Å². The predicted molar refractivity (Wildman–Crippen MR) is 180 cm³/mol. The first-order valence-corrected chi connectivity index (χ1v) is 16.7. The van der Waals surface area contributed by atoms with E-state index in [2.05, 4.69) is 35.6 Å². The Bertz CT molecular complexity index is 1720. The van der Waals surface area contributed by atoms with Gasteiger partial charge in [0, 0.05) is 47.6 Å². The molecule has 2 bridgehead atoms. The Kier molecular flexibility index (Phi) is 8.49. The maximum atomic E-state index is 15.7. The molecule has 4 heterocycles. The van der Waals surface area contributed by atoms with Crippen molar-refractivity contribution in [1.82, 2.24) is 9.80 Å². The van der Waals surface area contributed by atoms with Crippen LogP contribution in [0.25, 0.3) is 11.1 Å². The third-order valence-electron chi connectivity index (χ3n) is 10.1. The number of fused-ring (bicyclic) bond motifs is 3. The summed E-state index contributed by atoms with van der Waals surface area (Å²) >= 11 is 13.5. The summed E-state index contributed by atoms with van der Waals surface area (Å²) in [5.74, 6) is -1.77. The van der Waals surface area contributed by atoms with Crippen LogP contribution in [-0.4, -0.2) is 91.0 Å². The van der Waals surface area contributed by atoms with Gasteiger partial charge >= 0.3 is 5.97 Å². The van der Waals surface area contributed by atoms with Crippen LogP contribution in [-0.2, 0) is 11.3 Å². The molecule has 1 N–H and O–H groups in total. The molecule has 3 aromatic rings. The Hall–Kier alpha value is -3.57. The highest BCUT2D eigenvalue weighted by molar-refractivity contribution is 6.40. The van der Waals surface area contributed by atoms with Gasteiger partial charge in [-0.15, -0.1) is 0 Å². The number of benzene rings is 3. The summed E-state index contributed by atoms with van der Waals surface area (Å²) in [7, 11) is 2.11. The number of amides is 1. The summed E-state index contributed by atoms with van der Waals surface area (Å²) in [5.41, 5.74) is 2.88. The van der Waals surface area contributed by atoms with Gasteiger partial charge < -0.3 is 29.3 Å². The van der Waals surface area contributed by atoms with Crippen molar-refractivity contribution >= 4 is 46.5 Å². The van der Waals surface area contributed by atoms with Crippen molar-refractivity contribution in [3.05, 3.63) is 75.0 Å². The molecule has 47 heavy (non-hydrogen) atoms. The first-order valence-electron chi connectivity index (χ1n) is 15.9. The molecule has 4 atom stereocenters. The third kappa shape index (κ3) is 5.69. The molecule has 4 aliphatic rings. The van der Waals surface area contributed by atoms with Gasteiger partial charge in [0.2, 0.25) is 0 Å². The lowest BCUT2D eigenvalue weighted by Crippen LogP contribution is -2.55. The molecule has 7 rings (SSSR count). The van der Waals surface area contributed by atoms with Crippen LogP contribution >= 0.6 is 23.2 Å². The van der Waals surface area contributed by atoms with Crippen molar-refractivity contribution < 1.29 is 28.6 Å². The number of carbonyl (C=O) groups excluding carboxylic acids is 1. The van der Waals surface area contributed by atoms with E-state index in [4.69, 9.17) is 32.7 Å². The number of carboxylic acids is 1. The number of hydrogen-bond donors (Lipinski definition) is 1. The molecular weight excluding hydrogens is 646 g/mol. The number of rotatable bonds is 5. The normalized spacial score (nSPS) is 24.3. The molecule has 3 saturated heterocycles. The van der Waals surface area contributed by atoms with E-state index >= 15 is 4.39 Å². The van der Waals surface area contributed by atoms with Gasteiger partial charge in [0.15, 0.2) is 6.73 Å². The highest BCUT2D eigenvalue weighted by atomic mass is 35.5. The zero-order chi connectivity index (χ0) is 33.1. The Morgan fingerprint density at radius 1 is 0.957 bits per heavy atom. The van der Waals surface area contributed by atoms with Crippen molar-refractivity contribution in [3.8, 4) is 16.9 Å². The van der Waals surface area contributed by atoms with Crippen LogP contribution in [0.1, 0.15) is 53.0 Å². The van der Waals surface area contributed by atoms with Crippen LogP contribution in [0.4, 0.5) is 15.8 Å². The number of para-hydroxylation sites is 1. The predicted octanol–water partition coefficient (Wildman–Crippen LogP) is 6.39. The maximum absolute atomic E-state index is 15.7. The molecule has 0 aromatic heterocycles. The monoisotopic (exact) mass is 682 g/mol. The Morgan fingerprint density at radius 3 is 2.34 bits per heavy atom. The minimum Gasteiger partial charge on any atom is -0.478 e. The minimum atomic E-state index is -1.19. The molecular formula is C35H37Cl2FN4O5. The van der Waals surface area contributed by atoms with E-state index in [0.29, 0.717) is 41.8 Å². The number of likely N-dealkylation sites (N-methyl/N-ethyl adjacent to an activating group) is 1. The van der Waals surface area contributed by atoms with Gasteiger partial charge in [0.1, 0.15) is 11.6 Å². The second kappa shape index (κ2) is 12.5. The van der Waals surface area contributed by atoms with Crippen molar-refractivity contribution in [2.24, 2.45) is 0 Å². The van der Waals surface area contributed by atoms with E-state index in [0.717, 1.165) is 37.7 Å². The third-order valence-corrected chi connectivity index (χ3v) is 10.7. The van der Waals surface area contributed by atoms with E-state index in [1.807, 2.05) is 6.07 Å².